The number of aliphatic hydroxyl groups excluding tert-OH is 2. The van der Waals surface area contributed by atoms with Gasteiger partial charge < -0.3 is 20.3 Å². The van der Waals surface area contributed by atoms with Gasteiger partial charge in [0.1, 0.15) is 0 Å². The van der Waals surface area contributed by atoms with Crippen LogP contribution in [0.3, 0.4) is 0 Å². The molecule has 0 aromatic heterocycles. The lowest BCUT2D eigenvalue weighted by Crippen LogP contribution is -2.45. The number of rotatable bonds is 81. The fraction of sp³-hybridized carbons (Fsp3) is 0.930. The highest BCUT2D eigenvalue weighted by atomic mass is 16.5. The zero-order chi connectivity index (χ0) is 66.3. The monoisotopic (exact) mass is 1290 g/mol. The minimum atomic E-state index is -0.842. The van der Waals surface area contributed by atoms with E-state index in [2.05, 4.69) is 31.3 Å². The second kappa shape index (κ2) is 81.8. The summed E-state index contributed by atoms with van der Waals surface area (Å²) in [6, 6.07) is -0.625. The number of hydrogen-bond acceptors (Lipinski definition) is 5. The summed E-state index contributed by atoms with van der Waals surface area (Å²) in [7, 11) is 0. The third kappa shape index (κ3) is 77.3. The molecule has 0 aromatic carbocycles. The van der Waals surface area contributed by atoms with Crippen LogP contribution >= 0.6 is 0 Å². The molecule has 0 aliphatic rings. The van der Waals surface area contributed by atoms with E-state index in [-0.39, 0.29) is 18.5 Å². The van der Waals surface area contributed by atoms with E-state index < -0.39 is 12.1 Å². The zero-order valence-corrected chi connectivity index (χ0v) is 62.8. The van der Waals surface area contributed by atoms with Crippen molar-refractivity contribution in [3.05, 3.63) is 24.3 Å². The summed E-state index contributed by atoms with van der Waals surface area (Å²) >= 11 is 0. The maximum Gasteiger partial charge on any atom is 0.305 e. The van der Waals surface area contributed by atoms with Gasteiger partial charge in [-0.1, -0.05) is 443 Å². The van der Waals surface area contributed by atoms with Crippen LogP contribution < -0.4 is 5.32 Å². The third-order valence-corrected chi connectivity index (χ3v) is 20.2. The molecule has 0 fully saturated rings. The Morgan fingerprint density at radius 2 is 0.511 bits per heavy atom. The van der Waals surface area contributed by atoms with Gasteiger partial charge in [-0.25, -0.2) is 0 Å². The quantitative estimate of drug-likeness (QED) is 0.0320. The molecule has 3 N–H and O–H groups in total. The molecule has 0 saturated carbocycles. The number of nitrogens with one attached hydrogen (secondary N) is 1. The summed E-state index contributed by atoms with van der Waals surface area (Å²) in [5, 5.41) is 23.3. The molecule has 2 atom stereocenters. The van der Waals surface area contributed by atoms with Gasteiger partial charge in [0.25, 0.3) is 0 Å². The predicted octanol–water partition coefficient (Wildman–Crippen LogP) is 28.4. The molecule has 92 heavy (non-hydrogen) atoms. The summed E-state index contributed by atoms with van der Waals surface area (Å²) in [5.41, 5.74) is 0. The molecular weight excluding hydrogens is 1130 g/mol. The molecule has 546 valence electrons. The predicted molar refractivity (Wildman–Crippen MR) is 407 cm³/mol. The van der Waals surface area contributed by atoms with Gasteiger partial charge >= 0.3 is 5.97 Å². The Kier molecular flexibility index (Phi) is 80.3. The van der Waals surface area contributed by atoms with E-state index in [1.54, 1.807) is 6.08 Å². The van der Waals surface area contributed by atoms with Gasteiger partial charge in [-0.15, -0.1) is 0 Å². The number of carbonyl (C=O) groups is 2. The first-order valence-corrected chi connectivity index (χ1v) is 42.6. The first-order valence-electron chi connectivity index (χ1n) is 42.6. The second-order valence-corrected chi connectivity index (χ2v) is 29.5. The van der Waals surface area contributed by atoms with Crippen LogP contribution in [0, 0.1) is 0 Å². The summed E-state index contributed by atoms with van der Waals surface area (Å²) in [5.74, 6) is -0.0408. The summed E-state index contributed by atoms with van der Waals surface area (Å²) < 4.78 is 5.50. The first-order chi connectivity index (χ1) is 45.5. The van der Waals surface area contributed by atoms with E-state index in [4.69, 9.17) is 4.74 Å². The summed E-state index contributed by atoms with van der Waals surface area (Å²) in [6.07, 6.45) is 106. The summed E-state index contributed by atoms with van der Waals surface area (Å²) in [4.78, 5) is 24.6. The molecule has 0 saturated heterocycles. The average molecular weight is 1300 g/mol. The maximum atomic E-state index is 12.6. The van der Waals surface area contributed by atoms with Gasteiger partial charge in [0, 0.05) is 12.8 Å². The molecule has 0 radical (unpaired) electrons. The first kappa shape index (κ1) is 90.3. The Labute approximate surface area is 577 Å². The van der Waals surface area contributed by atoms with Gasteiger partial charge in [-0.3, -0.25) is 9.59 Å². The normalized spacial score (nSPS) is 12.5. The molecule has 0 rings (SSSR count). The minimum Gasteiger partial charge on any atom is -0.466 e. The number of allylic oxidation sites excluding steroid dienone is 3. The van der Waals surface area contributed by atoms with Gasteiger partial charge in [-0.05, 0) is 57.8 Å². The van der Waals surface area contributed by atoms with E-state index in [0.717, 1.165) is 44.9 Å². The van der Waals surface area contributed by atoms with Crippen molar-refractivity contribution in [1.82, 2.24) is 5.32 Å². The highest BCUT2D eigenvalue weighted by Gasteiger charge is 2.18. The van der Waals surface area contributed by atoms with Crippen molar-refractivity contribution in [2.24, 2.45) is 0 Å². The highest BCUT2D eigenvalue weighted by Crippen LogP contribution is 2.21. The molecule has 1 amide bonds. The Morgan fingerprint density at radius 3 is 0.772 bits per heavy atom. The molecule has 6 heteroatoms. The van der Waals surface area contributed by atoms with Crippen molar-refractivity contribution in [3.8, 4) is 0 Å². The molecule has 0 aliphatic heterocycles. The Morgan fingerprint density at radius 1 is 0.293 bits per heavy atom. The minimum absolute atomic E-state index is 0.0156. The lowest BCUT2D eigenvalue weighted by atomic mass is 10.0. The summed E-state index contributed by atoms with van der Waals surface area (Å²) in [6.45, 7) is 4.95. The van der Waals surface area contributed by atoms with Crippen LogP contribution in [0.15, 0.2) is 24.3 Å². The molecular formula is C86H167NO5. The SMILES string of the molecule is CCCCCCC/C=C\CCCCCCCC(=O)OCCCCCCCCCCCCCCCCCCCCCCCCCCCCCCCCCCCCCCCC(=O)NC(CO)C(O)/C=C/CCCCCCCCCCCCCCCCCCCCCCCC. The average Bonchev–Trinajstić information content (AvgIpc) is 3.66. The molecule has 0 aliphatic carbocycles. The number of aliphatic hydroxyl groups is 2. The van der Waals surface area contributed by atoms with Crippen molar-refractivity contribution >= 4 is 11.9 Å². The maximum absolute atomic E-state index is 12.6. The number of amides is 1. The lowest BCUT2D eigenvalue weighted by molar-refractivity contribution is -0.143. The fourth-order valence-corrected chi connectivity index (χ4v) is 13.8. The largest absolute Gasteiger partial charge is 0.466 e. The number of carbonyl (C=O) groups excluding carboxylic acids is 2. The number of ether oxygens (including phenoxy) is 1. The Balaban J connectivity index is 3.33. The number of unbranched alkanes of at least 4 members (excludes halogenated alkanes) is 68. The van der Waals surface area contributed by atoms with Crippen molar-refractivity contribution in [3.63, 3.8) is 0 Å². The van der Waals surface area contributed by atoms with Gasteiger partial charge in [-0.2, -0.15) is 0 Å². The molecule has 0 spiro atoms. The highest BCUT2D eigenvalue weighted by molar-refractivity contribution is 5.76. The van der Waals surface area contributed by atoms with Gasteiger partial charge in [0.15, 0.2) is 0 Å². The van der Waals surface area contributed by atoms with E-state index >= 15 is 0 Å². The van der Waals surface area contributed by atoms with Crippen LogP contribution in [0.1, 0.15) is 489 Å². The molecule has 0 bridgehead atoms. The van der Waals surface area contributed by atoms with Crippen LogP contribution in [0.5, 0.6) is 0 Å². The van der Waals surface area contributed by atoms with E-state index in [1.165, 1.54) is 417 Å². The second-order valence-electron chi connectivity index (χ2n) is 29.5. The van der Waals surface area contributed by atoms with Crippen molar-refractivity contribution in [2.75, 3.05) is 13.2 Å². The number of esters is 1. The molecule has 6 nitrogen and oxygen atoms in total. The van der Waals surface area contributed by atoms with Gasteiger partial charge in [0.05, 0.1) is 25.4 Å². The van der Waals surface area contributed by atoms with Crippen LogP contribution in [0.4, 0.5) is 0 Å². The van der Waals surface area contributed by atoms with Crippen LogP contribution in [0.25, 0.3) is 0 Å². The van der Waals surface area contributed by atoms with Crippen LogP contribution in [-0.4, -0.2) is 47.4 Å². The molecule has 0 heterocycles. The van der Waals surface area contributed by atoms with Crippen LogP contribution in [-0.2, 0) is 14.3 Å². The zero-order valence-electron chi connectivity index (χ0n) is 62.8. The van der Waals surface area contributed by atoms with E-state index in [1.807, 2.05) is 6.08 Å². The Bertz CT molecular complexity index is 1450. The van der Waals surface area contributed by atoms with Crippen molar-refractivity contribution in [2.45, 2.75) is 501 Å². The fourth-order valence-electron chi connectivity index (χ4n) is 13.8. The van der Waals surface area contributed by atoms with Crippen molar-refractivity contribution < 1.29 is 24.5 Å². The third-order valence-electron chi connectivity index (χ3n) is 20.2. The van der Waals surface area contributed by atoms with E-state index in [9.17, 15) is 19.8 Å². The Hall–Kier alpha value is -1.66. The van der Waals surface area contributed by atoms with Gasteiger partial charge in [0.2, 0.25) is 5.91 Å². The van der Waals surface area contributed by atoms with Crippen molar-refractivity contribution in [1.29, 1.82) is 0 Å². The molecule has 2 unspecified atom stereocenters. The van der Waals surface area contributed by atoms with E-state index in [0.29, 0.717) is 19.4 Å². The molecule has 0 aromatic rings. The topological polar surface area (TPSA) is 95.9 Å². The standard InChI is InChI=1S/C86H167NO5/c1-3-5-7-9-11-13-15-17-19-20-21-22-23-39-42-45-48-51-54-58-62-66-70-74-78-84(89)83(82-88)87-85(90)79-75-71-67-63-59-55-52-49-46-43-40-37-35-33-31-29-27-25-24-26-28-30-32-34-36-38-41-44-47-50-53-57-61-65-69-73-77-81-92-86(91)80-76-72-68-64-60-56-18-16-14-12-10-8-6-4-2/h16,18,74,78,83-84,88-89H,3-15,17,19-73,75-77,79-82H2,1-2H3,(H,87,90)/b18-16-,78-74+. The van der Waals surface area contributed by atoms with Crippen LogP contribution in [0.2, 0.25) is 0 Å². The smallest absolute Gasteiger partial charge is 0.305 e. The number of hydrogen-bond donors (Lipinski definition) is 3. The lowest BCUT2D eigenvalue weighted by Gasteiger charge is -2.20.